The second kappa shape index (κ2) is 5.13. The molecule has 1 aromatic rings. The van der Waals surface area contributed by atoms with Crippen molar-refractivity contribution in [1.29, 1.82) is 0 Å². The van der Waals surface area contributed by atoms with Crippen LogP contribution in [0.25, 0.3) is 0 Å². The molecule has 1 saturated carbocycles. The van der Waals surface area contributed by atoms with Crippen LogP contribution in [0.1, 0.15) is 45.1 Å². The lowest BCUT2D eigenvalue weighted by molar-refractivity contribution is -0.129. The highest BCUT2D eigenvalue weighted by atomic mass is 16.2. The van der Waals surface area contributed by atoms with E-state index in [0.29, 0.717) is 5.92 Å². The fourth-order valence-corrected chi connectivity index (χ4v) is 2.84. The quantitative estimate of drug-likeness (QED) is 0.778. The molecule has 0 spiro atoms. The van der Waals surface area contributed by atoms with Gasteiger partial charge < -0.3 is 4.90 Å². The first kappa shape index (κ1) is 13.1. The largest absolute Gasteiger partial charge is 0.342 e. The SMILES string of the molecule is CCCN(CC1(C)CC1c1ccccc1)C(C)=O. The first-order valence-corrected chi connectivity index (χ1v) is 6.87. The summed E-state index contributed by atoms with van der Waals surface area (Å²) in [6.07, 6.45) is 2.23. The van der Waals surface area contributed by atoms with Crippen LogP contribution in [-0.2, 0) is 4.79 Å². The van der Waals surface area contributed by atoms with Crippen molar-refractivity contribution >= 4 is 5.91 Å². The summed E-state index contributed by atoms with van der Waals surface area (Å²) in [7, 11) is 0. The number of hydrogen-bond acceptors (Lipinski definition) is 1. The minimum absolute atomic E-state index is 0.205. The maximum atomic E-state index is 11.6. The highest BCUT2D eigenvalue weighted by molar-refractivity contribution is 5.73. The molecular weight excluding hydrogens is 222 g/mol. The van der Waals surface area contributed by atoms with E-state index < -0.39 is 0 Å². The summed E-state index contributed by atoms with van der Waals surface area (Å²) >= 11 is 0. The number of carbonyl (C=O) groups is 1. The lowest BCUT2D eigenvalue weighted by Crippen LogP contribution is -2.34. The van der Waals surface area contributed by atoms with Gasteiger partial charge in [0.25, 0.3) is 0 Å². The van der Waals surface area contributed by atoms with Gasteiger partial charge in [0.1, 0.15) is 0 Å². The van der Waals surface area contributed by atoms with Gasteiger partial charge in [-0.05, 0) is 29.7 Å². The van der Waals surface area contributed by atoms with Crippen molar-refractivity contribution in [3.05, 3.63) is 35.9 Å². The summed E-state index contributed by atoms with van der Waals surface area (Å²) in [5.41, 5.74) is 1.70. The van der Waals surface area contributed by atoms with Crippen LogP contribution in [0.15, 0.2) is 30.3 Å². The Labute approximate surface area is 110 Å². The zero-order chi connectivity index (χ0) is 13.2. The van der Waals surface area contributed by atoms with Crippen molar-refractivity contribution in [3.63, 3.8) is 0 Å². The molecule has 1 fully saturated rings. The predicted octanol–water partition coefficient (Wildman–Crippen LogP) is 3.44. The zero-order valence-electron chi connectivity index (χ0n) is 11.6. The average Bonchev–Trinajstić information content (AvgIpc) is 3.02. The Morgan fingerprint density at radius 1 is 1.39 bits per heavy atom. The van der Waals surface area contributed by atoms with Crippen molar-refractivity contribution in [2.24, 2.45) is 5.41 Å². The Hall–Kier alpha value is -1.31. The van der Waals surface area contributed by atoms with Crippen LogP contribution >= 0.6 is 0 Å². The molecule has 0 aliphatic heterocycles. The molecule has 0 radical (unpaired) electrons. The van der Waals surface area contributed by atoms with Gasteiger partial charge in [0, 0.05) is 20.0 Å². The van der Waals surface area contributed by atoms with E-state index in [9.17, 15) is 4.79 Å². The molecule has 1 amide bonds. The van der Waals surface area contributed by atoms with Gasteiger partial charge in [0.05, 0.1) is 0 Å². The molecule has 18 heavy (non-hydrogen) atoms. The smallest absolute Gasteiger partial charge is 0.219 e. The fraction of sp³-hybridized carbons (Fsp3) is 0.562. The van der Waals surface area contributed by atoms with E-state index in [1.54, 1.807) is 6.92 Å². The van der Waals surface area contributed by atoms with Crippen LogP contribution in [0.2, 0.25) is 0 Å². The van der Waals surface area contributed by atoms with E-state index in [4.69, 9.17) is 0 Å². The van der Waals surface area contributed by atoms with Crippen LogP contribution in [0.4, 0.5) is 0 Å². The average molecular weight is 245 g/mol. The fourth-order valence-electron chi connectivity index (χ4n) is 2.84. The second-order valence-corrected chi connectivity index (χ2v) is 5.76. The number of rotatable bonds is 5. The molecule has 0 heterocycles. The van der Waals surface area contributed by atoms with E-state index in [2.05, 4.69) is 44.2 Å². The number of hydrogen-bond donors (Lipinski definition) is 0. The van der Waals surface area contributed by atoms with Gasteiger partial charge in [-0.3, -0.25) is 4.79 Å². The molecule has 1 aromatic carbocycles. The number of benzene rings is 1. The third kappa shape index (κ3) is 2.74. The highest BCUT2D eigenvalue weighted by Gasteiger charge is 2.51. The normalized spacial score (nSPS) is 25.8. The molecule has 0 bridgehead atoms. The molecule has 98 valence electrons. The van der Waals surface area contributed by atoms with Crippen LogP contribution in [-0.4, -0.2) is 23.9 Å². The Bertz CT molecular complexity index is 414. The molecule has 1 aliphatic carbocycles. The summed E-state index contributed by atoms with van der Waals surface area (Å²) in [6.45, 7) is 7.89. The van der Waals surface area contributed by atoms with Crippen LogP contribution < -0.4 is 0 Å². The molecule has 0 N–H and O–H groups in total. The lowest BCUT2D eigenvalue weighted by Gasteiger charge is -2.25. The van der Waals surface area contributed by atoms with Crippen LogP contribution in [0, 0.1) is 5.41 Å². The molecule has 0 saturated heterocycles. The molecule has 2 heteroatoms. The molecule has 0 aromatic heterocycles. The van der Waals surface area contributed by atoms with Gasteiger partial charge in [0.2, 0.25) is 5.91 Å². The topological polar surface area (TPSA) is 20.3 Å². The van der Waals surface area contributed by atoms with E-state index in [1.165, 1.54) is 12.0 Å². The number of carbonyl (C=O) groups excluding carboxylic acids is 1. The molecular formula is C16H23NO. The van der Waals surface area contributed by atoms with E-state index in [-0.39, 0.29) is 11.3 Å². The van der Waals surface area contributed by atoms with Gasteiger partial charge in [-0.15, -0.1) is 0 Å². The summed E-state index contributed by atoms with van der Waals surface area (Å²) < 4.78 is 0. The minimum Gasteiger partial charge on any atom is -0.342 e. The lowest BCUT2D eigenvalue weighted by atomic mass is 10.0. The minimum atomic E-state index is 0.205. The standard InChI is InChI=1S/C16H23NO/c1-4-10-17(13(2)18)12-16(3)11-15(16)14-8-6-5-7-9-14/h5-9,15H,4,10-12H2,1-3H3. The molecule has 2 nitrogen and oxygen atoms in total. The first-order valence-electron chi connectivity index (χ1n) is 6.87. The van der Waals surface area contributed by atoms with Gasteiger partial charge in [0.15, 0.2) is 0 Å². The monoisotopic (exact) mass is 245 g/mol. The second-order valence-electron chi connectivity index (χ2n) is 5.76. The zero-order valence-corrected chi connectivity index (χ0v) is 11.6. The van der Waals surface area contributed by atoms with Crippen LogP contribution in [0.3, 0.4) is 0 Å². The molecule has 1 aliphatic rings. The Balaban J connectivity index is 2.00. The van der Waals surface area contributed by atoms with Crippen molar-refractivity contribution in [1.82, 2.24) is 4.90 Å². The van der Waals surface area contributed by atoms with Crippen LogP contribution in [0.5, 0.6) is 0 Å². The van der Waals surface area contributed by atoms with Gasteiger partial charge in [-0.2, -0.15) is 0 Å². The summed E-state index contributed by atoms with van der Waals surface area (Å²) in [5.74, 6) is 0.828. The van der Waals surface area contributed by atoms with Crippen molar-refractivity contribution in [2.45, 2.75) is 39.5 Å². The Morgan fingerprint density at radius 2 is 2.06 bits per heavy atom. The molecule has 2 rings (SSSR count). The Morgan fingerprint density at radius 3 is 2.61 bits per heavy atom. The Kier molecular flexibility index (Phi) is 3.74. The summed E-state index contributed by atoms with van der Waals surface area (Å²) in [5, 5.41) is 0. The maximum Gasteiger partial charge on any atom is 0.219 e. The van der Waals surface area contributed by atoms with E-state index in [0.717, 1.165) is 19.5 Å². The first-order chi connectivity index (χ1) is 8.57. The molecule has 2 atom stereocenters. The van der Waals surface area contributed by atoms with Gasteiger partial charge >= 0.3 is 0 Å². The maximum absolute atomic E-state index is 11.6. The highest BCUT2D eigenvalue weighted by Crippen LogP contribution is 2.59. The van der Waals surface area contributed by atoms with Gasteiger partial charge in [-0.25, -0.2) is 0 Å². The molecule has 2 unspecified atom stereocenters. The van der Waals surface area contributed by atoms with E-state index >= 15 is 0 Å². The predicted molar refractivity (Wildman–Crippen MR) is 74.5 cm³/mol. The summed E-state index contributed by atoms with van der Waals surface area (Å²) in [6, 6.07) is 10.7. The van der Waals surface area contributed by atoms with Crippen molar-refractivity contribution < 1.29 is 4.79 Å². The number of nitrogens with zero attached hydrogens (tertiary/aromatic N) is 1. The van der Waals surface area contributed by atoms with Gasteiger partial charge in [-0.1, -0.05) is 44.2 Å². The summed E-state index contributed by atoms with van der Waals surface area (Å²) in [4.78, 5) is 13.6. The third-order valence-electron chi connectivity index (χ3n) is 4.04. The number of amides is 1. The van der Waals surface area contributed by atoms with Crippen molar-refractivity contribution in [3.8, 4) is 0 Å². The van der Waals surface area contributed by atoms with E-state index in [1.807, 2.05) is 4.90 Å². The van der Waals surface area contributed by atoms with Crippen molar-refractivity contribution in [2.75, 3.05) is 13.1 Å². The third-order valence-corrected chi connectivity index (χ3v) is 4.04.